The first-order valence-electron chi connectivity index (χ1n) is 5.02. The predicted molar refractivity (Wildman–Crippen MR) is 75.5 cm³/mol. The van der Waals surface area contributed by atoms with E-state index in [0.717, 1.165) is 15.6 Å². The fourth-order valence-corrected chi connectivity index (χ4v) is 2.92. The average Bonchev–Trinajstić information content (AvgIpc) is 2.69. The number of nitrogens with one attached hydrogen (secondary N) is 1. The molecule has 0 amide bonds. The molecule has 17 heavy (non-hydrogen) atoms. The van der Waals surface area contributed by atoms with Gasteiger partial charge in [0.1, 0.15) is 5.82 Å². The Hall–Kier alpha value is -0.580. The van der Waals surface area contributed by atoms with Crippen LogP contribution in [0.4, 0.5) is 10.1 Å². The van der Waals surface area contributed by atoms with Crippen molar-refractivity contribution in [2.75, 3.05) is 5.32 Å². The summed E-state index contributed by atoms with van der Waals surface area (Å²) in [5.41, 5.74) is 1.98. The van der Waals surface area contributed by atoms with E-state index >= 15 is 0 Å². The summed E-state index contributed by atoms with van der Waals surface area (Å²) < 4.78 is 14.4. The molecule has 1 aromatic carbocycles. The zero-order chi connectivity index (χ0) is 12.4. The van der Waals surface area contributed by atoms with Gasteiger partial charge in [-0.1, -0.05) is 11.6 Å². The van der Waals surface area contributed by atoms with Crippen LogP contribution in [0.1, 0.15) is 18.5 Å². The van der Waals surface area contributed by atoms with Gasteiger partial charge >= 0.3 is 0 Å². The van der Waals surface area contributed by atoms with Gasteiger partial charge in [0.15, 0.2) is 0 Å². The Morgan fingerprint density at radius 2 is 2.18 bits per heavy atom. The highest BCUT2D eigenvalue weighted by Crippen LogP contribution is 2.30. The van der Waals surface area contributed by atoms with Gasteiger partial charge in [-0.2, -0.15) is 0 Å². The maximum absolute atomic E-state index is 12.9. The average molecular weight is 335 g/mol. The molecule has 1 nitrogen and oxygen atoms in total. The summed E-state index contributed by atoms with van der Waals surface area (Å²) in [6, 6.07) is 6.64. The van der Waals surface area contributed by atoms with Gasteiger partial charge in [-0.15, -0.1) is 11.3 Å². The third-order valence-corrected chi connectivity index (χ3v) is 4.16. The van der Waals surface area contributed by atoms with Gasteiger partial charge in [-0.25, -0.2) is 4.39 Å². The van der Waals surface area contributed by atoms with Crippen LogP contribution in [-0.4, -0.2) is 0 Å². The molecule has 1 heterocycles. The lowest BCUT2D eigenvalue weighted by molar-refractivity contribution is 0.627. The number of thiophene rings is 1. The molecule has 0 saturated carbocycles. The first-order chi connectivity index (χ1) is 8.06. The molecular weight excluding hydrogens is 325 g/mol. The normalized spacial score (nSPS) is 12.5. The summed E-state index contributed by atoms with van der Waals surface area (Å²) in [6.07, 6.45) is 0. The van der Waals surface area contributed by atoms with E-state index in [4.69, 9.17) is 11.6 Å². The number of hydrogen-bond acceptors (Lipinski definition) is 2. The van der Waals surface area contributed by atoms with Gasteiger partial charge in [-0.05, 0) is 58.1 Å². The van der Waals surface area contributed by atoms with Crippen LogP contribution in [0, 0.1) is 5.82 Å². The number of anilines is 1. The minimum atomic E-state index is -0.256. The Labute approximate surface area is 117 Å². The van der Waals surface area contributed by atoms with Gasteiger partial charge in [-0.3, -0.25) is 0 Å². The fourth-order valence-electron chi connectivity index (χ4n) is 1.47. The molecule has 0 radical (unpaired) electrons. The Balaban J connectivity index is 2.15. The number of benzene rings is 1. The molecule has 0 aliphatic heterocycles. The lowest BCUT2D eigenvalue weighted by Crippen LogP contribution is -2.06. The van der Waals surface area contributed by atoms with Gasteiger partial charge in [0.2, 0.25) is 0 Å². The Morgan fingerprint density at radius 1 is 1.41 bits per heavy atom. The maximum Gasteiger partial charge on any atom is 0.124 e. The molecule has 2 aromatic rings. The first-order valence-corrected chi connectivity index (χ1v) is 7.07. The number of halogens is 3. The van der Waals surface area contributed by atoms with Gasteiger partial charge in [0, 0.05) is 16.2 Å². The second-order valence-electron chi connectivity index (χ2n) is 3.67. The van der Waals surface area contributed by atoms with Crippen molar-refractivity contribution in [2.45, 2.75) is 13.0 Å². The molecule has 1 atom stereocenters. The summed E-state index contributed by atoms with van der Waals surface area (Å²) in [4.78, 5) is 0. The molecular formula is C12H10BrClFNS. The number of hydrogen-bond donors (Lipinski definition) is 1. The van der Waals surface area contributed by atoms with E-state index in [-0.39, 0.29) is 11.9 Å². The lowest BCUT2D eigenvalue weighted by atomic mass is 10.1. The highest BCUT2D eigenvalue weighted by Gasteiger charge is 2.09. The van der Waals surface area contributed by atoms with Crippen LogP contribution in [-0.2, 0) is 0 Å². The summed E-state index contributed by atoms with van der Waals surface area (Å²) in [5, 5.41) is 5.31. The standard InChI is InChI=1S/C12H10BrClFNS/c1-7(8-4-12(14)17-6-8)16-11-3-2-9(15)5-10(11)13/h2-7,16H,1H3. The van der Waals surface area contributed by atoms with Crippen molar-refractivity contribution in [3.63, 3.8) is 0 Å². The van der Waals surface area contributed by atoms with E-state index in [9.17, 15) is 4.39 Å². The molecule has 5 heteroatoms. The van der Waals surface area contributed by atoms with Crippen LogP contribution in [0.5, 0.6) is 0 Å². The van der Waals surface area contributed by atoms with Crippen molar-refractivity contribution in [3.05, 3.63) is 49.8 Å². The zero-order valence-corrected chi connectivity index (χ0v) is 12.2. The first kappa shape index (κ1) is 12.9. The van der Waals surface area contributed by atoms with Crippen molar-refractivity contribution in [2.24, 2.45) is 0 Å². The smallest absolute Gasteiger partial charge is 0.124 e. The van der Waals surface area contributed by atoms with Crippen molar-refractivity contribution in [1.82, 2.24) is 0 Å². The molecule has 0 spiro atoms. The second-order valence-corrected chi connectivity index (χ2v) is 6.07. The van der Waals surface area contributed by atoms with Crippen LogP contribution in [0.15, 0.2) is 34.1 Å². The Kier molecular flexibility index (Phi) is 4.07. The highest BCUT2D eigenvalue weighted by molar-refractivity contribution is 9.10. The fraction of sp³-hybridized carbons (Fsp3) is 0.167. The van der Waals surface area contributed by atoms with Crippen LogP contribution in [0.2, 0.25) is 4.34 Å². The lowest BCUT2D eigenvalue weighted by Gasteiger charge is -2.15. The predicted octanol–water partition coefficient (Wildman–Crippen LogP) is 5.48. The van der Waals surface area contributed by atoms with Crippen LogP contribution >= 0.6 is 38.9 Å². The van der Waals surface area contributed by atoms with E-state index in [1.165, 1.54) is 23.5 Å². The van der Waals surface area contributed by atoms with Crippen molar-refractivity contribution in [3.8, 4) is 0 Å². The van der Waals surface area contributed by atoms with Gasteiger partial charge < -0.3 is 5.32 Å². The van der Waals surface area contributed by atoms with E-state index < -0.39 is 0 Å². The van der Waals surface area contributed by atoms with E-state index in [2.05, 4.69) is 21.2 Å². The Bertz CT molecular complexity index is 529. The van der Waals surface area contributed by atoms with Gasteiger partial charge in [0.05, 0.1) is 4.34 Å². The third-order valence-electron chi connectivity index (χ3n) is 2.39. The maximum atomic E-state index is 12.9. The molecule has 0 bridgehead atoms. The highest BCUT2D eigenvalue weighted by atomic mass is 79.9. The summed E-state index contributed by atoms with van der Waals surface area (Å²) >= 11 is 10.7. The minimum absolute atomic E-state index is 0.125. The monoisotopic (exact) mass is 333 g/mol. The van der Waals surface area contributed by atoms with E-state index in [1.807, 2.05) is 18.4 Å². The largest absolute Gasteiger partial charge is 0.378 e. The molecule has 1 aromatic heterocycles. The molecule has 1 N–H and O–H groups in total. The van der Waals surface area contributed by atoms with Crippen LogP contribution < -0.4 is 5.32 Å². The molecule has 2 rings (SSSR count). The third kappa shape index (κ3) is 3.21. The molecule has 0 aliphatic rings. The molecule has 0 saturated heterocycles. The molecule has 1 unspecified atom stereocenters. The summed E-state index contributed by atoms with van der Waals surface area (Å²) in [7, 11) is 0. The molecule has 90 valence electrons. The zero-order valence-electron chi connectivity index (χ0n) is 9.01. The summed E-state index contributed by atoms with van der Waals surface area (Å²) in [6.45, 7) is 2.04. The quantitative estimate of drug-likeness (QED) is 0.784. The SMILES string of the molecule is CC(Nc1ccc(F)cc1Br)c1csc(Cl)c1. The topological polar surface area (TPSA) is 12.0 Å². The van der Waals surface area contributed by atoms with Crippen molar-refractivity contribution >= 4 is 44.6 Å². The van der Waals surface area contributed by atoms with E-state index in [0.29, 0.717) is 4.47 Å². The molecule has 0 fully saturated rings. The number of rotatable bonds is 3. The minimum Gasteiger partial charge on any atom is -0.378 e. The van der Waals surface area contributed by atoms with Crippen LogP contribution in [0.25, 0.3) is 0 Å². The second kappa shape index (κ2) is 5.38. The van der Waals surface area contributed by atoms with Crippen molar-refractivity contribution in [1.29, 1.82) is 0 Å². The summed E-state index contributed by atoms with van der Waals surface area (Å²) in [5.74, 6) is -0.256. The van der Waals surface area contributed by atoms with E-state index in [1.54, 1.807) is 6.07 Å². The van der Waals surface area contributed by atoms with Crippen molar-refractivity contribution < 1.29 is 4.39 Å². The Morgan fingerprint density at radius 3 is 2.76 bits per heavy atom. The molecule has 0 aliphatic carbocycles. The van der Waals surface area contributed by atoms with Gasteiger partial charge in [0.25, 0.3) is 0 Å². The van der Waals surface area contributed by atoms with Crippen LogP contribution in [0.3, 0.4) is 0 Å².